The van der Waals surface area contributed by atoms with Crippen LogP contribution in [0.1, 0.15) is 23.5 Å². The lowest BCUT2D eigenvalue weighted by molar-refractivity contribution is -0.135. The SMILES string of the molecule is O=C([C@@H]1C[C@H]1c1cccnc1)N(Cc1ccccc1)CC(F)F. The molecule has 1 saturated carbocycles. The number of carbonyl (C=O) groups excluding carboxylic acids is 1. The first-order valence-electron chi connectivity index (χ1n) is 7.66. The molecule has 3 rings (SSSR count). The van der Waals surface area contributed by atoms with Gasteiger partial charge in [0.05, 0.1) is 6.54 Å². The average Bonchev–Trinajstić information content (AvgIpc) is 3.35. The van der Waals surface area contributed by atoms with Crippen molar-refractivity contribution in [3.8, 4) is 0 Å². The monoisotopic (exact) mass is 316 g/mol. The lowest BCUT2D eigenvalue weighted by Crippen LogP contribution is -2.36. The van der Waals surface area contributed by atoms with Crippen LogP contribution in [0.3, 0.4) is 0 Å². The number of hydrogen-bond acceptors (Lipinski definition) is 2. The number of alkyl halides is 2. The highest BCUT2D eigenvalue weighted by Crippen LogP contribution is 2.48. The maximum Gasteiger partial charge on any atom is 0.255 e. The zero-order valence-electron chi connectivity index (χ0n) is 12.6. The summed E-state index contributed by atoms with van der Waals surface area (Å²) in [6, 6.07) is 13.0. The van der Waals surface area contributed by atoms with Crippen molar-refractivity contribution in [3.05, 3.63) is 66.0 Å². The Morgan fingerprint density at radius 3 is 2.65 bits per heavy atom. The highest BCUT2D eigenvalue weighted by molar-refractivity contribution is 5.83. The van der Waals surface area contributed by atoms with Crippen LogP contribution in [0.25, 0.3) is 0 Å². The molecule has 1 amide bonds. The molecule has 1 fully saturated rings. The van der Waals surface area contributed by atoms with Crippen molar-refractivity contribution in [1.82, 2.24) is 9.88 Å². The van der Waals surface area contributed by atoms with Gasteiger partial charge in [-0.2, -0.15) is 0 Å². The molecule has 0 N–H and O–H groups in total. The van der Waals surface area contributed by atoms with Crippen molar-refractivity contribution in [1.29, 1.82) is 0 Å². The Morgan fingerprint density at radius 2 is 2.00 bits per heavy atom. The molecular formula is C18H18F2N2O. The van der Waals surface area contributed by atoms with E-state index >= 15 is 0 Å². The smallest absolute Gasteiger partial charge is 0.255 e. The molecule has 0 bridgehead atoms. The molecular weight excluding hydrogens is 298 g/mol. The van der Waals surface area contributed by atoms with E-state index in [4.69, 9.17) is 0 Å². The van der Waals surface area contributed by atoms with Gasteiger partial charge in [0, 0.05) is 24.9 Å². The van der Waals surface area contributed by atoms with Crippen LogP contribution in [-0.2, 0) is 11.3 Å². The Morgan fingerprint density at radius 1 is 1.22 bits per heavy atom. The van der Waals surface area contributed by atoms with Gasteiger partial charge >= 0.3 is 0 Å². The first kappa shape index (κ1) is 15.6. The Labute approximate surface area is 134 Å². The van der Waals surface area contributed by atoms with Gasteiger partial charge in [0.2, 0.25) is 5.91 Å². The summed E-state index contributed by atoms with van der Waals surface area (Å²) >= 11 is 0. The van der Waals surface area contributed by atoms with Crippen molar-refractivity contribution in [2.75, 3.05) is 6.54 Å². The van der Waals surface area contributed by atoms with Gasteiger partial charge in [-0.15, -0.1) is 0 Å². The molecule has 0 saturated heterocycles. The molecule has 23 heavy (non-hydrogen) atoms. The first-order chi connectivity index (χ1) is 11.1. The molecule has 5 heteroatoms. The van der Waals surface area contributed by atoms with E-state index in [1.165, 1.54) is 4.90 Å². The summed E-state index contributed by atoms with van der Waals surface area (Å²) in [7, 11) is 0. The van der Waals surface area contributed by atoms with Crippen molar-refractivity contribution < 1.29 is 13.6 Å². The predicted molar refractivity (Wildman–Crippen MR) is 82.9 cm³/mol. The largest absolute Gasteiger partial charge is 0.332 e. The highest BCUT2D eigenvalue weighted by atomic mass is 19.3. The van der Waals surface area contributed by atoms with E-state index in [1.807, 2.05) is 42.5 Å². The maximum absolute atomic E-state index is 12.8. The third-order valence-electron chi connectivity index (χ3n) is 4.11. The second-order valence-electron chi connectivity index (χ2n) is 5.83. The second-order valence-corrected chi connectivity index (χ2v) is 5.83. The van der Waals surface area contributed by atoms with Crippen molar-refractivity contribution in [3.63, 3.8) is 0 Å². The van der Waals surface area contributed by atoms with Crippen LogP contribution in [0.15, 0.2) is 54.9 Å². The Balaban J connectivity index is 1.69. The van der Waals surface area contributed by atoms with E-state index in [9.17, 15) is 13.6 Å². The number of rotatable bonds is 6. The Kier molecular flexibility index (Phi) is 4.65. The maximum atomic E-state index is 12.8. The molecule has 2 atom stereocenters. The predicted octanol–water partition coefficient (Wildman–Crippen LogP) is 3.48. The van der Waals surface area contributed by atoms with Crippen LogP contribution >= 0.6 is 0 Å². The van der Waals surface area contributed by atoms with E-state index in [0.29, 0.717) is 6.42 Å². The minimum atomic E-state index is -2.53. The molecule has 0 aliphatic heterocycles. The van der Waals surface area contributed by atoms with E-state index < -0.39 is 13.0 Å². The summed E-state index contributed by atoms with van der Waals surface area (Å²) in [6.07, 6.45) is 1.60. The van der Waals surface area contributed by atoms with Gasteiger partial charge < -0.3 is 4.90 Å². The number of amides is 1. The van der Waals surface area contributed by atoms with Gasteiger partial charge in [-0.3, -0.25) is 9.78 Å². The highest BCUT2D eigenvalue weighted by Gasteiger charge is 2.46. The summed E-state index contributed by atoms with van der Waals surface area (Å²) < 4.78 is 25.7. The van der Waals surface area contributed by atoms with Gasteiger partial charge in [0.15, 0.2) is 0 Å². The number of pyridine rings is 1. The van der Waals surface area contributed by atoms with Crippen LogP contribution in [0.5, 0.6) is 0 Å². The molecule has 0 unspecified atom stereocenters. The molecule has 1 aliphatic rings. The second kappa shape index (κ2) is 6.86. The zero-order chi connectivity index (χ0) is 16.2. The van der Waals surface area contributed by atoms with Crippen LogP contribution in [0, 0.1) is 5.92 Å². The van der Waals surface area contributed by atoms with E-state index in [-0.39, 0.29) is 24.3 Å². The van der Waals surface area contributed by atoms with Gasteiger partial charge in [-0.25, -0.2) is 8.78 Å². The topological polar surface area (TPSA) is 33.2 Å². The zero-order valence-corrected chi connectivity index (χ0v) is 12.6. The molecule has 1 aliphatic carbocycles. The van der Waals surface area contributed by atoms with Crippen molar-refractivity contribution >= 4 is 5.91 Å². The molecule has 1 heterocycles. The summed E-state index contributed by atoms with van der Waals surface area (Å²) in [5, 5.41) is 0. The van der Waals surface area contributed by atoms with Crippen LogP contribution in [0.2, 0.25) is 0 Å². The number of carbonyl (C=O) groups is 1. The minimum Gasteiger partial charge on any atom is -0.332 e. The van der Waals surface area contributed by atoms with Crippen LogP contribution in [-0.4, -0.2) is 28.8 Å². The minimum absolute atomic E-state index is 0.104. The van der Waals surface area contributed by atoms with Crippen LogP contribution in [0.4, 0.5) is 8.78 Å². The molecule has 1 aromatic carbocycles. The fourth-order valence-corrected chi connectivity index (χ4v) is 2.87. The van der Waals surface area contributed by atoms with Gasteiger partial charge in [-0.05, 0) is 29.5 Å². The first-order valence-corrected chi connectivity index (χ1v) is 7.66. The van der Waals surface area contributed by atoms with E-state index in [2.05, 4.69) is 4.98 Å². The summed E-state index contributed by atoms with van der Waals surface area (Å²) in [6.45, 7) is -0.301. The number of benzene rings is 1. The number of hydrogen-bond donors (Lipinski definition) is 0. The summed E-state index contributed by atoms with van der Waals surface area (Å²) in [4.78, 5) is 17.9. The van der Waals surface area contributed by atoms with Gasteiger partial charge in [0.1, 0.15) is 0 Å². The number of aromatic nitrogens is 1. The third-order valence-corrected chi connectivity index (χ3v) is 4.11. The molecule has 0 spiro atoms. The molecule has 0 radical (unpaired) electrons. The molecule has 2 aromatic rings. The normalized spacial score (nSPS) is 19.6. The Bertz CT molecular complexity index is 649. The lowest BCUT2D eigenvalue weighted by Gasteiger charge is -2.22. The van der Waals surface area contributed by atoms with Gasteiger partial charge in [-0.1, -0.05) is 36.4 Å². The van der Waals surface area contributed by atoms with E-state index in [1.54, 1.807) is 12.4 Å². The average molecular weight is 316 g/mol. The standard InChI is InChI=1S/C18H18F2N2O/c19-17(20)12-22(11-13-5-2-1-3-6-13)18(23)16-9-15(16)14-7-4-8-21-10-14/h1-8,10,15-17H,9,11-12H2/t15-,16+/m0/s1. The van der Waals surface area contributed by atoms with Gasteiger partial charge in [0.25, 0.3) is 6.43 Å². The van der Waals surface area contributed by atoms with Crippen molar-refractivity contribution in [2.45, 2.75) is 25.3 Å². The quantitative estimate of drug-likeness (QED) is 0.817. The lowest BCUT2D eigenvalue weighted by atomic mass is 10.1. The summed E-state index contributed by atoms with van der Waals surface area (Å²) in [5.74, 6) is -0.295. The number of halogens is 2. The molecule has 3 nitrogen and oxygen atoms in total. The molecule has 120 valence electrons. The third kappa shape index (κ3) is 3.92. The van der Waals surface area contributed by atoms with Crippen LogP contribution < -0.4 is 0 Å². The molecule has 1 aromatic heterocycles. The Hall–Kier alpha value is -2.30. The van der Waals surface area contributed by atoms with E-state index in [0.717, 1.165) is 11.1 Å². The fourth-order valence-electron chi connectivity index (χ4n) is 2.87. The fraction of sp³-hybridized carbons (Fsp3) is 0.333. The van der Waals surface area contributed by atoms with Crippen molar-refractivity contribution in [2.24, 2.45) is 5.92 Å². The summed E-state index contributed by atoms with van der Waals surface area (Å²) in [5.41, 5.74) is 1.86. The number of nitrogens with zero attached hydrogens (tertiary/aromatic N) is 2.